The van der Waals surface area contributed by atoms with Crippen LogP contribution in [0.25, 0.3) is 16.8 Å². The second kappa shape index (κ2) is 7.01. The smallest absolute Gasteiger partial charge is 0.337 e. The SMILES string of the molecule is COC(=O)c1ccc(-c2cnn(-c3ccc([N+](=O)[O-])cc3)c2I)cc1. The second-order valence-electron chi connectivity index (χ2n) is 5.10. The Morgan fingerprint density at radius 2 is 1.80 bits per heavy atom. The van der Waals surface area contributed by atoms with Crippen LogP contribution in [0.1, 0.15) is 10.4 Å². The number of benzene rings is 2. The van der Waals surface area contributed by atoms with E-state index in [-0.39, 0.29) is 11.7 Å². The third-order valence-electron chi connectivity index (χ3n) is 3.63. The van der Waals surface area contributed by atoms with Gasteiger partial charge in [-0.2, -0.15) is 5.10 Å². The zero-order valence-electron chi connectivity index (χ0n) is 13.0. The van der Waals surface area contributed by atoms with E-state index in [2.05, 4.69) is 32.4 Å². The Morgan fingerprint density at radius 1 is 1.16 bits per heavy atom. The van der Waals surface area contributed by atoms with Crippen molar-refractivity contribution < 1.29 is 14.5 Å². The second-order valence-corrected chi connectivity index (χ2v) is 6.13. The first-order valence-electron chi connectivity index (χ1n) is 7.18. The summed E-state index contributed by atoms with van der Waals surface area (Å²) in [5.41, 5.74) is 3.04. The summed E-state index contributed by atoms with van der Waals surface area (Å²) in [4.78, 5) is 21.8. The van der Waals surface area contributed by atoms with Gasteiger partial charge in [-0.1, -0.05) is 12.1 Å². The van der Waals surface area contributed by atoms with Crippen molar-refractivity contribution >= 4 is 34.2 Å². The van der Waals surface area contributed by atoms with Crippen molar-refractivity contribution in [2.75, 3.05) is 7.11 Å². The molecule has 1 aromatic heterocycles. The van der Waals surface area contributed by atoms with Crippen LogP contribution in [0.3, 0.4) is 0 Å². The number of nitro benzene ring substituents is 1. The van der Waals surface area contributed by atoms with E-state index in [1.807, 2.05) is 12.1 Å². The van der Waals surface area contributed by atoms with Crippen LogP contribution in [0.5, 0.6) is 0 Å². The molecule has 7 nitrogen and oxygen atoms in total. The zero-order valence-corrected chi connectivity index (χ0v) is 15.2. The van der Waals surface area contributed by atoms with Crippen LogP contribution >= 0.6 is 22.6 Å². The van der Waals surface area contributed by atoms with Crippen molar-refractivity contribution in [3.05, 3.63) is 74.1 Å². The Labute approximate surface area is 156 Å². The molecule has 0 aliphatic rings. The highest BCUT2D eigenvalue weighted by atomic mass is 127. The Bertz CT molecular complexity index is 934. The van der Waals surface area contributed by atoms with Crippen molar-refractivity contribution in [3.8, 4) is 16.8 Å². The molecule has 0 aliphatic carbocycles. The third kappa shape index (κ3) is 3.38. The predicted octanol–water partition coefficient (Wildman–Crippen LogP) is 3.84. The van der Waals surface area contributed by atoms with Gasteiger partial charge in [0, 0.05) is 17.7 Å². The molecule has 0 N–H and O–H groups in total. The minimum absolute atomic E-state index is 0.0320. The van der Waals surface area contributed by atoms with Crippen molar-refractivity contribution in [3.63, 3.8) is 0 Å². The topological polar surface area (TPSA) is 87.3 Å². The average molecular weight is 449 g/mol. The van der Waals surface area contributed by atoms with E-state index in [4.69, 9.17) is 0 Å². The molecule has 0 unspecified atom stereocenters. The van der Waals surface area contributed by atoms with Gasteiger partial charge in [-0.15, -0.1) is 0 Å². The molecule has 0 atom stereocenters. The Hall–Kier alpha value is -2.75. The van der Waals surface area contributed by atoms with Crippen molar-refractivity contribution in [2.24, 2.45) is 0 Å². The number of esters is 1. The fourth-order valence-corrected chi connectivity index (χ4v) is 3.18. The summed E-state index contributed by atoms with van der Waals surface area (Å²) in [6.07, 6.45) is 1.72. The molecule has 0 amide bonds. The number of carbonyl (C=O) groups excluding carboxylic acids is 1. The first-order valence-corrected chi connectivity index (χ1v) is 8.26. The van der Waals surface area contributed by atoms with Crippen molar-refractivity contribution in [1.29, 1.82) is 0 Å². The van der Waals surface area contributed by atoms with Crippen molar-refractivity contribution in [1.82, 2.24) is 9.78 Å². The highest BCUT2D eigenvalue weighted by molar-refractivity contribution is 14.1. The first-order chi connectivity index (χ1) is 12.0. The molecule has 8 heteroatoms. The quantitative estimate of drug-likeness (QED) is 0.262. The van der Waals surface area contributed by atoms with E-state index >= 15 is 0 Å². The molecule has 25 heavy (non-hydrogen) atoms. The van der Waals surface area contributed by atoms with Gasteiger partial charge in [0.25, 0.3) is 5.69 Å². The summed E-state index contributed by atoms with van der Waals surface area (Å²) in [6.45, 7) is 0. The molecule has 0 saturated heterocycles. The number of aromatic nitrogens is 2. The molecule has 0 saturated carbocycles. The number of hydrogen-bond acceptors (Lipinski definition) is 5. The zero-order chi connectivity index (χ0) is 18.0. The Morgan fingerprint density at radius 3 is 2.36 bits per heavy atom. The lowest BCUT2D eigenvalue weighted by Crippen LogP contribution is -2.00. The molecule has 1 heterocycles. The van der Waals surface area contributed by atoms with E-state index in [0.29, 0.717) is 5.56 Å². The monoisotopic (exact) mass is 449 g/mol. The largest absolute Gasteiger partial charge is 0.465 e. The maximum Gasteiger partial charge on any atom is 0.337 e. The fourth-order valence-electron chi connectivity index (χ4n) is 2.33. The van der Waals surface area contributed by atoms with E-state index < -0.39 is 4.92 Å². The molecule has 0 spiro atoms. The number of methoxy groups -OCH3 is 1. The molecule has 2 aromatic carbocycles. The minimum atomic E-state index is -0.438. The van der Waals surface area contributed by atoms with Crippen LogP contribution in [0.4, 0.5) is 5.69 Å². The lowest BCUT2D eigenvalue weighted by Gasteiger charge is -2.05. The fraction of sp³-hybridized carbons (Fsp3) is 0.0588. The number of nitro groups is 1. The number of ether oxygens (including phenoxy) is 1. The molecule has 0 aliphatic heterocycles. The number of halogens is 1. The molecule has 0 radical (unpaired) electrons. The van der Waals surface area contributed by atoms with Gasteiger partial charge in [0.2, 0.25) is 0 Å². The van der Waals surface area contributed by atoms with Gasteiger partial charge in [0.15, 0.2) is 0 Å². The van der Waals surface area contributed by atoms with Gasteiger partial charge in [-0.3, -0.25) is 10.1 Å². The maximum atomic E-state index is 11.5. The van der Waals surface area contributed by atoms with Crippen molar-refractivity contribution in [2.45, 2.75) is 0 Å². The summed E-state index contributed by atoms with van der Waals surface area (Å²) in [6, 6.07) is 13.2. The van der Waals surface area contributed by atoms with Crippen LogP contribution in [-0.4, -0.2) is 27.8 Å². The van der Waals surface area contributed by atoms with Gasteiger partial charge in [0.05, 0.1) is 29.5 Å². The van der Waals surface area contributed by atoms with Crippen LogP contribution < -0.4 is 0 Å². The summed E-state index contributed by atoms with van der Waals surface area (Å²) < 4.78 is 7.25. The highest BCUT2D eigenvalue weighted by Crippen LogP contribution is 2.28. The number of non-ortho nitro benzene ring substituents is 1. The van der Waals surface area contributed by atoms with Gasteiger partial charge in [-0.25, -0.2) is 9.48 Å². The van der Waals surface area contributed by atoms with E-state index in [1.165, 1.54) is 19.2 Å². The van der Waals surface area contributed by atoms with Crippen LogP contribution in [0.15, 0.2) is 54.7 Å². The molecule has 0 bridgehead atoms. The minimum Gasteiger partial charge on any atom is -0.465 e. The highest BCUT2D eigenvalue weighted by Gasteiger charge is 2.13. The normalized spacial score (nSPS) is 10.5. The molecule has 3 rings (SSSR count). The van der Waals surface area contributed by atoms with E-state index in [1.54, 1.807) is 35.1 Å². The molecular weight excluding hydrogens is 437 g/mol. The lowest BCUT2D eigenvalue weighted by atomic mass is 10.1. The van der Waals surface area contributed by atoms with Gasteiger partial charge in [0.1, 0.15) is 3.70 Å². The summed E-state index contributed by atoms with van der Waals surface area (Å²) in [5, 5.41) is 15.1. The lowest BCUT2D eigenvalue weighted by molar-refractivity contribution is -0.384. The number of hydrogen-bond donors (Lipinski definition) is 0. The number of nitrogens with zero attached hydrogens (tertiary/aromatic N) is 3. The van der Waals surface area contributed by atoms with Crippen LogP contribution in [0.2, 0.25) is 0 Å². The first kappa shape index (κ1) is 17.1. The Balaban J connectivity index is 1.93. The van der Waals surface area contributed by atoms with Gasteiger partial charge in [-0.05, 0) is 52.4 Å². The van der Waals surface area contributed by atoms with E-state index in [0.717, 1.165) is 20.5 Å². The average Bonchev–Trinajstić information content (AvgIpc) is 3.02. The molecule has 0 fully saturated rings. The predicted molar refractivity (Wildman–Crippen MR) is 99.7 cm³/mol. The molecule has 126 valence electrons. The molecule has 3 aromatic rings. The third-order valence-corrected chi connectivity index (χ3v) is 4.67. The van der Waals surface area contributed by atoms with Crippen LogP contribution in [0, 0.1) is 13.8 Å². The maximum absolute atomic E-state index is 11.5. The number of carbonyl (C=O) groups is 1. The summed E-state index contributed by atoms with van der Waals surface area (Å²) in [7, 11) is 1.34. The molecular formula is C17H12IN3O4. The standard InChI is InChI=1S/C17H12IN3O4/c1-25-17(22)12-4-2-11(3-5-12)15-10-19-20(16(15)18)13-6-8-14(9-7-13)21(23)24/h2-10H,1H3. The van der Waals surface area contributed by atoms with Gasteiger partial charge < -0.3 is 4.74 Å². The van der Waals surface area contributed by atoms with E-state index in [9.17, 15) is 14.9 Å². The summed E-state index contributed by atoms with van der Waals surface area (Å²) >= 11 is 2.17. The Kier molecular flexibility index (Phi) is 4.79. The van der Waals surface area contributed by atoms with Crippen LogP contribution in [-0.2, 0) is 4.74 Å². The summed E-state index contributed by atoms with van der Waals surface area (Å²) in [5.74, 6) is -0.386. The number of rotatable bonds is 4. The van der Waals surface area contributed by atoms with Gasteiger partial charge >= 0.3 is 5.97 Å².